The van der Waals surface area contributed by atoms with Crippen LogP contribution in [0.15, 0.2) is 18.2 Å². The SMILES string of the molecule is CC1(NCc2cccc3c2OC(C)(C)C3)CCOCC1. The molecule has 0 radical (unpaired) electrons. The average Bonchev–Trinajstić information content (AvgIpc) is 2.71. The molecule has 3 heteroatoms. The van der Waals surface area contributed by atoms with E-state index in [2.05, 4.69) is 44.3 Å². The zero-order valence-electron chi connectivity index (χ0n) is 12.8. The van der Waals surface area contributed by atoms with Crippen molar-refractivity contribution in [2.75, 3.05) is 13.2 Å². The second-order valence-electron chi connectivity index (χ2n) is 6.97. The van der Waals surface area contributed by atoms with Crippen LogP contribution in [0.5, 0.6) is 5.75 Å². The molecule has 1 aromatic carbocycles. The van der Waals surface area contributed by atoms with Gasteiger partial charge >= 0.3 is 0 Å². The predicted octanol–water partition coefficient (Wildman–Crippen LogP) is 3.06. The van der Waals surface area contributed by atoms with E-state index in [0.717, 1.165) is 44.8 Å². The van der Waals surface area contributed by atoms with Crippen molar-refractivity contribution in [2.45, 2.75) is 57.7 Å². The molecule has 0 atom stereocenters. The first-order valence-electron chi connectivity index (χ1n) is 7.60. The van der Waals surface area contributed by atoms with Gasteiger partial charge in [-0.3, -0.25) is 0 Å². The van der Waals surface area contributed by atoms with E-state index in [4.69, 9.17) is 9.47 Å². The van der Waals surface area contributed by atoms with E-state index in [0.29, 0.717) is 0 Å². The number of hydrogen-bond acceptors (Lipinski definition) is 3. The Hall–Kier alpha value is -1.06. The van der Waals surface area contributed by atoms with Crippen molar-refractivity contribution in [1.82, 2.24) is 5.32 Å². The zero-order chi connectivity index (χ0) is 14.2. The van der Waals surface area contributed by atoms with Crippen molar-refractivity contribution in [3.05, 3.63) is 29.3 Å². The number of rotatable bonds is 3. The van der Waals surface area contributed by atoms with E-state index < -0.39 is 0 Å². The van der Waals surface area contributed by atoms with Gasteiger partial charge in [-0.1, -0.05) is 18.2 Å². The van der Waals surface area contributed by atoms with Crippen LogP contribution < -0.4 is 10.1 Å². The fourth-order valence-corrected chi connectivity index (χ4v) is 3.13. The average molecular weight is 275 g/mol. The van der Waals surface area contributed by atoms with Gasteiger partial charge in [0.1, 0.15) is 11.4 Å². The first kappa shape index (κ1) is 13.9. The van der Waals surface area contributed by atoms with Crippen molar-refractivity contribution in [2.24, 2.45) is 0 Å². The van der Waals surface area contributed by atoms with E-state index in [1.165, 1.54) is 11.1 Å². The van der Waals surface area contributed by atoms with Crippen LogP contribution in [0.3, 0.4) is 0 Å². The molecule has 0 amide bonds. The molecule has 1 N–H and O–H groups in total. The Morgan fingerprint density at radius 3 is 2.65 bits per heavy atom. The highest BCUT2D eigenvalue weighted by Crippen LogP contribution is 2.37. The van der Waals surface area contributed by atoms with Crippen LogP contribution in [0.4, 0.5) is 0 Å². The molecule has 0 spiro atoms. The number of ether oxygens (including phenoxy) is 2. The predicted molar refractivity (Wildman–Crippen MR) is 80.2 cm³/mol. The molecule has 0 bridgehead atoms. The minimum Gasteiger partial charge on any atom is -0.487 e. The van der Waals surface area contributed by atoms with Gasteiger partial charge in [0.15, 0.2) is 0 Å². The minimum absolute atomic E-state index is 0.0684. The standard InChI is InChI=1S/C17H25NO2/c1-16(2)11-13-5-4-6-14(15(13)20-16)12-18-17(3)7-9-19-10-8-17/h4-6,18H,7-12H2,1-3H3. The van der Waals surface area contributed by atoms with Gasteiger partial charge < -0.3 is 14.8 Å². The molecule has 1 saturated heterocycles. The molecular weight excluding hydrogens is 250 g/mol. The van der Waals surface area contributed by atoms with Gasteiger partial charge in [0.25, 0.3) is 0 Å². The molecule has 2 aliphatic heterocycles. The fraction of sp³-hybridized carbons (Fsp3) is 0.647. The Labute approximate surface area is 121 Å². The number of fused-ring (bicyclic) bond motifs is 1. The molecule has 3 rings (SSSR count). The molecule has 0 aliphatic carbocycles. The van der Waals surface area contributed by atoms with Gasteiger partial charge in [-0.15, -0.1) is 0 Å². The Morgan fingerprint density at radius 1 is 1.15 bits per heavy atom. The smallest absolute Gasteiger partial charge is 0.127 e. The second kappa shape index (κ2) is 5.05. The Kier molecular flexibility index (Phi) is 3.51. The molecule has 110 valence electrons. The summed E-state index contributed by atoms with van der Waals surface area (Å²) in [5.41, 5.74) is 2.74. The van der Waals surface area contributed by atoms with E-state index in [1.807, 2.05) is 0 Å². The normalized spacial score (nSPS) is 23.1. The molecule has 20 heavy (non-hydrogen) atoms. The highest BCUT2D eigenvalue weighted by molar-refractivity contribution is 5.45. The Bertz CT molecular complexity index is 490. The fourth-order valence-electron chi connectivity index (χ4n) is 3.13. The van der Waals surface area contributed by atoms with Crippen molar-refractivity contribution in [3.63, 3.8) is 0 Å². The van der Waals surface area contributed by atoms with Gasteiger partial charge in [-0.2, -0.15) is 0 Å². The monoisotopic (exact) mass is 275 g/mol. The summed E-state index contributed by atoms with van der Waals surface area (Å²) in [6, 6.07) is 6.51. The number of benzene rings is 1. The molecule has 0 unspecified atom stereocenters. The number of hydrogen-bond donors (Lipinski definition) is 1. The maximum atomic E-state index is 6.13. The lowest BCUT2D eigenvalue weighted by molar-refractivity contribution is 0.0444. The third kappa shape index (κ3) is 2.84. The van der Waals surface area contributed by atoms with Crippen LogP contribution in [0.25, 0.3) is 0 Å². The van der Waals surface area contributed by atoms with E-state index >= 15 is 0 Å². The van der Waals surface area contributed by atoms with Crippen LogP contribution >= 0.6 is 0 Å². The largest absolute Gasteiger partial charge is 0.487 e. The lowest BCUT2D eigenvalue weighted by atomic mass is 9.92. The molecule has 1 aromatic rings. The quantitative estimate of drug-likeness (QED) is 0.919. The molecule has 1 fully saturated rings. The molecule has 2 heterocycles. The van der Waals surface area contributed by atoms with Crippen LogP contribution in [-0.4, -0.2) is 24.4 Å². The summed E-state index contributed by atoms with van der Waals surface area (Å²) in [6.45, 7) is 9.20. The lowest BCUT2D eigenvalue weighted by Crippen LogP contribution is -2.46. The third-order valence-electron chi connectivity index (χ3n) is 4.47. The molecular formula is C17H25NO2. The topological polar surface area (TPSA) is 30.5 Å². The van der Waals surface area contributed by atoms with Crippen LogP contribution in [0.2, 0.25) is 0 Å². The summed E-state index contributed by atoms with van der Waals surface area (Å²) < 4.78 is 11.6. The van der Waals surface area contributed by atoms with Crippen LogP contribution in [0, 0.1) is 0 Å². The summed E-state index contributed by atoms with van der Waals surface area (Å²) in [5.74, 6) is 1.10. The summed E-state index contributed by atoms with van der Waals surface area (Å²) in [4.78, 5) is 0. The van der Waals surface area contributed by atoms with Crippen molar-refractivity contribution < 1.29 is 9.47 Å². The highest BCUT2D eigenvalue weighted by atomic mass is 16.5. The van der Waals surface area contributed by atoms with Gasteiger partial charge in [-0.25, -0.2) is 0 Å². The van der Waals surface area contributed by atoms with Gasteiger partial charge in [0.2, 0.25) is 0 Å². The maximum Gasteiger partial charge on any atom is 0.127 e. The Morgan fingerprint density at radius 2 is 1.90 bits per heavy atom. The van der Waals surface area contributed by atoms with Crippen LogP contribution in [0.1, 0.15) is 44.7 Å². The van der Waals surface area contributed by atoms with E-state index in [1.54, 1.807) is 0 Å². The minimum atomic E-state index is -0.0684. The van der Waals surface area contributed by atoms with Crippen molar-refractivity contribution in [3.8, 4) is 5.75 Å². The number of nitrogens with one attached hydrogen (secondary N) is 1. The first-order valence-corrected chi connectivity index (χ1v) is 7.60. The van der Waals surface area contributed by atoms with E-state index in [-0.39, 0.29) is 11.1 Å². The first-order chi connectivity index (χ1) is 9.48. The number of para-hydroxylation sites is 1. The molecule has 2 aliphatic rings. The molecule has 0 saturated carbocycles. The Balaban J connectivity index is 1.72. The molecule has 3 nitrogen and oxygen atoms in total. The lowest BCUT2D eigenvalue weighted by Gasteiger charge is -2.35. The third-order valence-corrected chi connectivity index (χ3v) is 4.47. The van der Waals surface area contributed by atoms with Crippen molar-refractivity contribution in [1.29, 1.82) is 0 Å². The van der Waals surface area contributed by atoms with Gasteiger partial charge in [0.05, 0.1) is 0 Å². The zero-order valence-corrected chi connectivity index (χ0v) is 12.8. The summed E-state index contributed by atoms with van der Waals surface area (Å²) in [5, 5.41) is 3.71. The summed E-state index contributed by atoms with van der Waals surface area (Å²) in [6.07, 6.45) is 3.16. The maximum absolute atomic E-state index is 6.13. The highest BCUT2D eigenvalue weighted by Gasteiger charge is 2.32. The van der Waals surface area contributed by atoms with Crippen LogP contribution in [-0.2, 0) is 17.7 Å². The van der Waals surface area contributed by atoms with Crippen molar-refractivity contribution >= 4 is 0 Å². The summed E-state index contributed by atoms with van der Waals surface area (Å²) >= 11 is 0. The van der Waals surface area contributed by atoms with Gasteiger partial charge in [-0.05, 0) is 39.2 Å². The summed E-state index contributed by atoms with van der Waals surface area (Å²) in [7, 11) is 0. The second-order valence-corrected chi connectivity index (χ2v) is 6.97. The van der Waals surface area contributed by atoms with E-state index in [9.17, 15) is 0 Å². The molecule has 0 aromatic heterocycles. The van der Waals surface area contributed by atoms with Gasteiger partial charge in [0, 0.05) is 37.3 Å².